The lowest BCUT2D eigenvalue weighted by molar-refractivity contribution is 0.173. The first-order valence-corrected chi connectivity index (χ1v) is 6.53. The normalized spacial score (nSPS) is 12.0. The Bertz CT molecular complexity index is 219. The van der Waals surface area contributed by atoms with Crippen LogP contribution < -0.4 is 5.32 Å². The van der Waals surface area contributed by atoms with Gasteiger partial charge in [0.15, 0.2) is 5.96 Å². The van der Waals surface area contributed by atoms with Gasteiger partial charge >= 0.3 is 0 Å². The summed E-state index contributed by atoms with van der Waals surface area (Å²) < 4.78 is 0. The number of aliphatic imine (C=N–C) groups is 1. The Kier molecular flexibility index (Phi) is 12.2. The fourth-order valence-corrected chi connectivity index (χ4v) is 2.01. The van der Waals surface area contributed by atoms with Crippen molar-refractivity contribution in [2.75, 3.05) is 34.2 Å². The molecule has 0 fully saturated rings. The quantitative estimate of drug-likeness (QED) is 0.337. The van der Waals surface area contributed by atoms with Crippen molar-refractivity contribution in [3.63, 3.8) is 0 Å². The largest absolute Gasteiger partial charge is 0.356 e. The first-order valence-electron chi connectivity index (χ1n) is 6.53. The molecule has 0 bridgehead atoms. The molecule has 5 heteroatoms. The third-order valence-electron chi connectivity index (χ3n) is 2.84. The number of hydrogen-bond acceptors (Lipinski definition) is 2. The minimum Gasteiger partial charge on any atom is -0.356 e. The topological polar surface area (TPSA) is 30.9 Å². The van der Waals surface area contributed by atoms with E-state index in [0.717, 1.165) is 25.5 Å². The van der Waals surface area contributed by atoms with Crippen molar-refractivity contribution in [3.8, 4) is 0 Å². The van der Waals surface area contributed by atoms with Crippen molar-refractivity contribution < 1.29 is 0 Å². The zero-order valence-electron chi connectivity index (χ0n) is 13.0. The van der Waals surface area contributed by atoms with E-state index in [0.29, 0.717) is 12.1 Å². The van der Waals surface area contributed by atoms with Gasteiger partial charge in [-0.1, -0.05) is 0 Å². The second-order valence-electron chi connectivity index (χ2n) is 5.15. The van der Waals surface area contributed by atoms with Gasteiger partial charge in [0.1, 0.15) is 0 Å². The number of nitrogens with one attached hydrogen (secondary N) is 1. The van der Waals surface area contributed by atoms with Crippen LogP contribution in [0, 0.1) is 0 Å². The molecule has 0 atom stereocenters. The Balaban J connectivity index is 0. The monoisotopic (exact) mass is 370 g/mol. The van der Waals surface area contributed by atoms with Crippen LogP contribution in [-0.2, 0) is 0 Å². The molecule has 0 aliphatic heterocycles. The zero-order valence-corrected chi connectivity index (χ0v) is 15.4. The summed E-state index contributed by atoms with van der Waals surface area (Å²) in [5, 5.41) is 3.35. The lowest BCUT2D eigenvalue weighted by Gasteiger charge is -2.30. The molecular formula is C13H31IN4. The third kappa shape index (κ3) is 8.13. The Hall–Kier alpha value is -0.0400. The molecule has 0 aromatic heterocycles. The van der Waals surface area contributed by atoms with Crippen LogP contribution in [-0.4, -0.2) is 62.1 Å². The Morgan fingerprint density at radius 2 is 1.61 bits per heavy atom. The van der Waals surface area contributed by atoms with E-state index in [1.807, 2.05) is 26.0 Å². The number of hydrogen-bond donors (Lipinski definition) is 1. The average molecular weight is 370 g/mol. The summed E-state index contributed by atoms with van der Waals surface area (Å²) in [5.41, 5.74) is 0. The van der Waals surface area contributed by atoms with Crippen LogP contribution in [0.2, 0.25) is 0 Å². The third-order valence-corrected chi connectivity index (χ3v) is 2.84. The highest BCUT2D eigenvalue weighted by Crippen LogP contribution is 2.05. The molecular weight excluding hydrogens is 339 g/mol. The Labute approximate surface area is 130 Å². The van der Waals surface area contributed by atoms with Crippen molar-refractivity contribution in [1.29, 1.82) is 0 Å². The molecule has 1 N–H and O–H groups in total. The van der Waals surface area contributed by atoms with Crippen LogP contribution in [0.15, 0.2) is 4.99 Å². The second kappa shape index (κ2) is 10.8. The number of nitrogens with zero attached hydrogens (tertiary/aromatic N) is 3. The van der Waals surface area contributed by atoms with Crippen molar-refractivity contribution in [1.82, 2.24) is 15.1 Å². The van der Waals surface area contributed by atoms with Gasteiger partial charge in [0.25, 0.3) is 0 Å². The summed E-state index contributed by atoms with van der Waals surface area (Å²) in [4.78, 5) is 8.71. The van der Waals surface area contributed by atoms with Crippen LogP contribution in [0.25, 0.3) is 0 Å². The van der Waals surface area contributed by atoms with Gasteiger partial charge in [0, 0.05) is 46.3 Å². The van der Waals surface area contributed by atoms with E-state index in [1.54, 1.807) is 0 Å². The maximum absolute atomic E-state index is 4.19. The first kappa shape index (κ1) is 20.3. The Morgan fingerprint density at radius 1 is 1.11 bits per heavy atom. The molecule has 0 spiro atoms. The molecule has 0 unspecified atom stereocenters. The molecule has 0 saturated carbocycles. The molecule has 0 aromatic rings. The highest BCUT2D eigenvalue weighted by molar-refractivity contribution is 14.0. The van der Waals surface area contributed by atoms with Gasteiger partial charge in [-0.15, -0.1) is 24.0 Å². The minimum absolute atomic E-state index is 0. The molecule has 0 heterocycles. The molecule has 18 heavy (non-hydrogen) atoms. The molecule has 0 aliphatic rings. The maximum Gasteiger partial charge on any atom is 0.193 e. The van der Waals surface area contributed by atoms with Crippen LogP contribution in [0.5, 0.6) is 0 Å². The van der Waals surface area contributed by atoms with E-state index in [9.17, 15) is 0 Å². The van der Waals surface area contributed by atoms with Gasteiger partial charge < -0.3 is 10.2 Å². The molecule has 0 radical (unpaired) electrons. The van der Waals surface area contributed by atoms with Gasteiger partial charge in [-0.25, -0.2) is 0 Å². The van der Waals surface area contributed by atoms with E-state index in [-0.39, 0.29) is 24.0 Å². The first-order chi connectivity index (χ1) is 7.90. The van der Waals surface area contributed by atoms with E-state index < -0.39 is 0 Å². The molecule has 0 rings (SSSR count). The number of rotatable bonds is 6. The van der Waals surface area contributed by atoms with E-state index in [1.165, 1.54) is 0 Å². The fraction of sp³-hybridized carbons (Fsp3) is 0.923. The van der Waals surface area contributed by atoms with Gasteiger partial charge in [0.2, 0.25) is 0 Å². The second-order valence-corrected chi connectivity index (χ2v) is 5.15. The zero-order chi connectivity index (χ0) is 13.4. The smallest absolute Gasteiger partial charge is 0.193 e. The lowest BCUT2D eigenvalue weighted by atomic mass is 10.2. The predicted molar refractivity (Wildman–Crippen MR) is 92.1 cm³/mol. The molecule has 0 aromatic carbocycles. The van der Waals surface area contributed by atoms with Crippen molar-refractivity contribution in [2.45, 2.75) is 46.2 Å². The van der Waals surface area contributed by atoms with Gasteiger partial charge in [-0.2, -0.15) is 0 Å². The Morgan fingerprint density at radius 3 is 1.94 bits per heavy atom. The summed E-state index contributed by atoms with van der Waals surface area (Å²) in [5.74, 6) is 0.950. The fourth-order valence-electron chi connectivity index (χ4n) is 2.01. The van der Waals surface area contributed by atoms with Gasteiger partial charge in [-0.05, 0) is 34.1 Å². The van der Waals surface area contributed by atoms with Crippen molar-refractivity contribution >= 4 is 29.9 Å². The lowest BCUT2D eigenvalue weighted by Crippen LogP contribution is -2.41. The summed E-state index contributed by atoms with van der Waals surface area (Å²) in [6, 6.07) is 1.23. The summed E-state index contributed by atoms with van der Waals surface area (Å²) >= 11 is 0. The molecule has 0 amide bonds. The van der Waals surface area contributed by atoms with Crippen molar-refractivity contribution in [2.24, 2.45) is 4.99 Å². The molecule has 110 valence electrons. The average Bonchev–Trinajstić information content (AvgIpc) is 2.21. The van der Waals surface area contributed by atoms with Gasteiger partial charge in [0.05, 0.1) is 0 Å². The number of halogens is 1. The molecule has 0 saturated heterocycles. The number of guanidine groups is 1. The summed E-state index contributed by atoms with van der Waals surface area (Å²) in [6.07, 6.45) is 1.14. The molecule has 4 nitrogen and oxygen atoms in total. The van der Waals surface area contributed by atoms with Crippen LogP contribution in [0.4, 0.5) is 0 Å². The van der Waals surface area contributed by atoms with E-state index in [2.05, 4.69) is 42.9 Å². The highest BCUT2D eigenvalue weighted by Gasteiger charge is 2.12. The standard InChI is InChI=1S/C13H30N4.HI/c1-11(2)17(12(3)4)10-8-9-15-13(14-5)16(6)7;/h11-12H,8-10H2,1-7H3,(H,14,15);1H. The molecule has 0 aliphatic carbocycles. The maximum atomic E-state index is 4.19. The predicted octanol–water partition coefficient (Wildman–Crippen LogP) is 2.25. The SMILES string of the molecule is CN=C(NCCCN(C(C)C)C(C)C)N(C)C.I. The highest BCUT2D eigenvalue weighted by atomic mass is 127. The van der Waals surface area contributed by atoms with Crippen LogP contribution in [0.1, 0.15) is 34.1 Å². The van der Waals surface area contributed by atoms with Crippen LogP contribution in [0.3, 0.4) is 0 Å². The summed E-state index contributed by atoms with van der Waals surface area (Å²) in [7, 11) is 5.82. The van der Waals surface area contributed by atoms with Gasteiger partial charge in [-0.3, -0.25) is 9.89 Å². The summed E-state index contributed by atoms with van der Waals surface area (Å²) in [6.45, 7) is 11.1. The van der Waals surface area contributed by atoms with Crippen LogP contribution >= 0.6 is 24.0 Å². The minimum atomic E-state index is 0. The van der Waals surface area contributed by atoms with Crippen molar-refractivity contribution in [3.05, 3.63) is 0 Å². The van der Waals surface area contributed by atoms with E-state index >= 15 is 0 Å². The van der Waals surface area contributed by atoms with E-state index in [4.69, 9.17) is 0 Å².